The fourth-order valence-electron chi connectivity index (χ4n) is 3.27. The molecule has 9 heteroatoms. The number of fused-ring (bicyclic) bond motifs is 1. The predicted octanol–water partition coefficient (Wildman–Crippen LogP) is -0.352. The zero-order valence-corrected chi connectivity index (χ0v) is 16.1. The lowest BCUT2D eigenvalue weighted by molar-refractivity contribution is -0.147. The van der Waals surface area contributed by atoms with Crippen LogP contribution in [0.4, 0.5) is 0 Å². The Morgan fingerprint density at radius 2 is 2.07 bits per heavy atom. The lowest BCUT2D eigenvalue weighted by atomic mass is 10.1. The number of carbonyl (C=O) groups is 3. The monoisotopic (exact) mass is 391 g/mol. The van der Waals surface area contributed by atoms with Crippen molar-refractivity contribution in [3.63, 3.8) is 0 Å². The number of rotatable bonds is 6. The fourth-order valence-corrected chi connectivity index (χ4v) is 3.27. The molecular weight excluding hydrogens is 366 g/mol. The minimum Gasteiger partial charge on any atom is -0.486 e. The van der Waals surface area contributed by atoms with Gasteiger partial charge in [-0.15, -0.1) is 0 Å². The molecule has 1 fully saturated rings. The van der Waals surface area contributed by atoms with Gasteiger partial charge in [-0.2, -0.15) is 0 Å². The highest BCUT2D eigenvalue weighted by atomic mass is 16.6. The van der Waals surface area contributed by atoms with E-state index in [0.717, 1.165) is 0 Å². The lowest BCUT2D eigenvalue weighted by Gasteiger charge is -2.35. The van der Waals surface area contributed by atoms with Crippen LogP contribution in [0.2, 0.25) is 0 Å². The molecule has 9 nitrogen and oxygen atoms in total. The summed E-state index contributed by atoms with van der Waals surface area (Å²) in [6.45, 7) is 1.67. The van der Waals surface area contributed by atoms with E-state index >= 15 is 0 Å². The van der Waals surface area contributed by atoms with Crippen molar-refractivity contribution in [2.24, 2.45) is 0 Å². The summed E-state index contributed by atoms with van der Waals surface area (Å²) >= 11 is 0. The Bertz CT molecular complexity index is 740. The minimum atomic E-state index is -0.709. The van der Waals surface area contributed by atoms with Crippen LogP contribution >= 0.6 is 0 Å². The number of nitrogens with zero attached hydrogens (tertiary/aromatic N) is 2. The molecule has 2 unspecified atom stereocenters. The number of ether oxygens (including phenoxy) is 3. The van der Waals surface area contributed by atoms with E-state index in [0.29, 0.717) is 37.7 Å². The molecule has 0 spiro atoms. The summed E-state index contributed by atoms with van der Waals surface area (Å²) in [6, 6.07) is 6.69. The number of hydrogen-bond donors (Lipinski definition) is 1. The smallest absolute Gasteiger partial charge is 0.307 e. The Morgan fingerprint density at radius 1 is 1.32 bits per heavy atom. The van der Waals surface area contributed by atoms with Crippen LogP contribution in [0.25, 0.3) is 0 Å². The molecule has 152 valence electrons. The molecule has 2 aliphatic heterocycles. The summed E-state index contributed by atoms with van der Waals surface area (Å²) in [7, 11) is 2.96. The normalized spacial score (nSPS) is 21.6. The molecule has 2 aliphatic rings. The molecule has 1 saturated heterocycles. The van der Waals surface area contributed by atoms with Crippen molar-refractivity contribution in [1.29, 1.82) is 0 Å². The predicted molar refractivity (Wildman–Crippen MR) is 99.0 cm³/mol. The highest BCUT2D eigenvalue weighted by molar-refractivity contribution is 5.88. The maximum absolute atomic E-state index is 12.7. The van der Waals surface area contributed by atoms with Gasteiger partial charge in [-0.05, 0) is 12.1 Å². The van der Waals surface area contributed by atoms with E-state index in [1.165, 1.54) is 7.11 Å². The highest BCUT2D eigenvalue weighted by Crippen LogP contribution is 2.30. The molecule has 2 atom stereocenters. The van der Waals surface area contributed by atoms with E-state index in [1.54, 1.807) is 16.8 Å². The Balaban J connectivity index is 1.55. The van der Waals surface area contributed by atoms with Crippen LogP contribution in [0.5, 0.6) is 11.5 Å². The van der Waals surface area contributed by atoms with Crippen molar-refractivity contribution in [2.45, 2.75) is 18.6 Å². The molecule has 1 aromatic rings. The number of piperazine rings is 1. The number of benzene rings is 1. The molecular formula is C19H25N3O6. The van der Waals surface area contributed by atoms with Crippen LogP contribution in [-0.4, -0.2) is 86.7 Å². The maximum atomic E-state index is 12.7. The molecule has 28 heavy (non-hydrogen) atoms. The van der Waals surface area contributed by atoms with Crippen LogP contribution < -0.4 is 14.8 Å². The van der Waals surface area contributed by atoms with Gasteiger partial charge in [0.25, 0.3) is 0 Å². The van der Waals surface area contributed by atoms with Gasteiger partial charge < -0.3 is 24.4 Å². The van der Waals surface area contributed by atoms with E-state index in [-0.39, 0.29) is 30.9 Å². The standard InChI is InChI=1S/C19H25N3O6/c1-21(10-13-12-27-15-5-3-4-6-16(15)28-13)17(23)11-22-8-7-20-19(25)14(22)9-18(24)26-2/h3-6,13-14H,7-12H2,1-2H3,(H,20,25). The summed E-state index contributed by atoms with van der Waals surface area (Å²) < 4.78 is 16.2. The first-order valence-electron chi connectivity index (χ1n) is 9.19. The van der Waals surface area contributed by atoms with Crippen LogP contribution in [0.15, 0.2) is 24.3 Å². The first-order chi connectivity index (χ1) is 13.5. The Hall–Kier alpha value is -2.81. The Labute approximate surface area is 163 Å². The van der Waals surface area contributed by atoms with Crippen molar-refractivity contribution in [3.8, 4) is 11.5 Å². The molecule has 0 aliphatic carbocycles. The van der Waals surface area contributed by atoms with E-state index in [1.807, 2.05) is 24.3 Å². The zero-order valence-electron chi connectivity index (χ0n) is 16.1. The minimum absolute atomic E-state index is 0.0374. The molecule has 0 saturated carbocycles. The van der Waals surface area contributed by atoms with Crippen LogP contribution in [0, 0.1) is 0 Å². The number of methoxy groups -OCH3 is 1. The third-order valence-corrected chi connectivity index (χ3v) is 4.84. The van der Waals surface area contributed by atoms with Gasteiger partial charge in [0.15, 0.2) is 17.6 Å². The van der Waals surface area contributed by atoms with Crippen LogP contribution in [0.1, 0.15) is 6.42 Å². The van der Waals surface area contributed by atoms with Gasteiger partial charge in [0.2, 0.25) is 11.8 Å². The third-order valence-electron chi connectivity index (χ3n) is 4.84. The van der Waals surface area contributed by atoms with Gasteiger partial charge in [-0.3, -0.25) is 19.3 Å². The summed E-state index contributed by atoms with van der Waals surface area (Å²) in [5.74, 6) is 0.433. The SMILES string of the molecule is COC(=O)CC1C(=O)NCCN1CC(=O)N(C)CC1COc2ccccc2O1. The summed E-state index contributed by atoms with van der Waals surface area (Å²) in [5.41, 5.74) is 0. The molecule has 0 aromatic heterocycles. The van der Waals surface area contributed by atoms with Crippen molar-refractivity contribution in [1.82, 2.24) is 15.1 Å². The van der Waals surface area contributed by atoms with Crippen molar-refractivity contribution < 1.29 is 28.6 Å². The topological polar surface area (TPSA) is 97.4 Å². The molecule has 1 aromatic carbocycles. The van der Waals surface area contributed by atoms with E-state index in [4.69, 9.17) is 9.47 Å². The van der Waals surface area contributed by atoms with Gasteiger partial charge in [-0.1, -0.05) is 12.1 Å². The van der Waals surface area contributed by atoms with Crippen molar-refractivity contribution >= 4 is 17.8 Å². The first kappa shape index (κ1) is 19.9. The zero-order chi connectivity index (χ0) is 20.1. The first-order valence-corrected chi connectivity index (χ1v) is 9.19. The second kappa shape index (κ2) is 8.92. The summed E-state index contributed by atoms with van der Waals surface area (Å²) in [6.07, 6.45) is -0.366. The number of para-hydroxylation sites is 2. The summed E-state index contributed by atoms with van der Waals surface area (Å²) in [5, 5.41) is 2.72. The van der Waals surface area contributed by atoms with Gasteiger partial charge in [0.05, 0.1) is 26.6 Å². The molecule has 0 radical (unpaired) electrons. The number of carbonyl (C=O) groups excluding carboxylic acids is 3. The molecule has 3 rings (SSSR count). The van der Waals surface area contributed by atoms with Crippen molar-refractivity contribution in [2.75, 3.05) is 46.9 Å². The van der Waals surface area contributed by atoms with Gasteiger partial charge in [0, 0.05) is 20.1 Å². The van der Waals surface area contributed by atoms with E-state index in [2.05, 4.69) is 10.1 Å². The van der Waals surface area contributed by atoms with Gasteiger partial charge in [0.1, 0.15) is 12.6 Å². The average molecular weight is 391 g/mol. The molecule has 0 bridgehead atoms. The Kier molecular flexibility index (Phi) is 6.35. The van der Waals surface area contributed by atoms with Crippen LogP contribution in [-0.2, 0) is 19.1 Å². The largest absolute Gasteiger partial charge is 0.486 e. The van der Waals surface area contributed by atoms with E-state index < -0.39 is 12.0 Å². The van der Waals surface area contributed by atoms with E-state index in [9.17, 15) is 14.4 Å². The lowest BCUT2D eigenvalue weighted by Crippen LogP contribution is -2.58. The van der Waals surface area contributed by atoms with Gasteiger partial charge in [-0.25, -0.2) is 0 Å². The average Bonchev–Trinajstić information content (AvgIpc) is 2.70. The van der Waals surface area contributed by atoms with Gasteiger partial charge >= 0.3 is 5.97 Å². The fraction of sp³-hybridized carbons (Fsp3) is 0.526. The Morgan fingerprint density at radius 3 is 2.82 bits per heavy atom. The number of hydrogen-bond acceptors (Lipinski definition) is 7. The second-order valence-corrected chi connectivity index (χ2v) is 6.83. The number of esters is 1. The maximum Gasteiger partial charge on any atom is 0.307 e. The number of amides is 2. The number of nitrogens with one attached hydrogen (secondary N) is 1. The molecule has 2 heterocycles. The number of likely N-dealkylation sites (N-methyl/N-ethyl adjacent to an activating group) is 1. The quantitative estimate of drug-likeness (QED) is 0.662. The van der Waals surface area contributed by atoms with Crippen molar-refractivity contribution in [3.05, 3.63) is 24.3 Å². The molecule has 2 amide bonds. The molecule has 1 N–H and O–H groups in total. The summed E-state index contributed by atoms with van der Waals surface area (Å²) in [4.78, 5) is 39.7. The second-order valence-electron chi connectivity index (χ2n) is 6.83. The van der Waals surface area contributed by atoms with Crippen LogP contribution in [0.3, 0.4) is 0 Å². The third kappa shape index (κ3) is 4.72. The highest BCUT2D eigenvalue weighted by Gasteiger charge is 2.34.